The molecule has 6 nitrogen and oxygen atoms in total. The lowest BCUT2D eigenvalue weighted by Gasteiger charge is -2.11. The number of fused-ring (bicyclic) bond motifs is 2. The standard InChI is InChI=1S/C29H32N2O4S/c1-20(32)30-13-11-23-6-3-5-22-7-8-25(17-27(22)23)34-15-4-16-35-26-9-10-29-28(18-26)24(19-36-29)12-14-31-21(2)33/h3,5-10,17-19H,4,11-16H2,1-2H3,(H,30,32)(H,31,33). The highest BCUT2D eigenvalue weighted by atomic mass is 32.1. The van der Waals surface area contributed by atoms with Crippen molar-refractivity contribution in [2.24, 2.45) is 0 Å². The molecule has 0 bridgehead atoms. The first-order valence-corrected chi connectivity index (χ1v) is 13.1. The fourth-order valence-corrected chi connectivity index (χ4v) is 5.13. The maximum Gasteiger partial charge on any atom is 0.216 e. The summed E-state index contributed by atoms with van der Waals surface area (Å²) in [4.78, 5) is 22.3. The number of amides is 2. The van der Waals surface area contributed by atoms with Crippen LogP contribution in [0.25, 0.3) is 20.9 Å². The van der Waals surface area contributed by atoms with Crippen molar-refractivity contribution in [3.05, 3.63) is 71.1 Å². The minimum Gasteiger partial charge on any atom is -0.493 e. The molecule has 0 aliphatic rings. The Morgan fingerprint density at radius 2 is 1.42 bits per heavy atom. The Bertz CT molecular complexity index is 1350. The Kier molecular flexibility index (Phi) is 8.79. The Morgan fingerprint density at radius 3 is 2.11 bits per heavy atom. The maximum absolute atomic E-state index is 11.2. The van der Waals surface area contributed by atoms with Crippen molar-refractivity contribution in [1.82, 2.24) is 10.6 Å². The molecule has 3 aromatic carbocycles. The number of hydrogen-bond donors (Lipinski definition) is 2. The van der Waals surface area contributed by atoms with Gasteiger partial charge in [0.15, 0.2) is 0 Å². The van der Waals surface area contributed by atoms with Gasteiger partial charge in [0.05, 0.1) is 13.2 Å². The van der Waals surface area contributed by atoms with E-state index >= 15 is 0 Å². The van der Waals surface area contributed by atoms with Crippen LogP contribution in [0.1, 0.15) is 31.4 Å². The van der Waals surface area contributed by atoms with E-state index in [-0.39, 0.29) is 11.8 Å². The first-order chi connectivity index (χ1) is 17.5. The fourth-order valence-electron chi connectivity index (χ4n) is 4.15. The summed E-state index contributed by atoms with van der Waals surface area (Å²) in [7, 11) is 0. The summed E-state index contributed by atoms with van der Waals surface area (Å²) in [6.07, 6.45) is 2.34. The van der Waals surface area contributed by atoms with Gasteiger partial charge in [-0.15, -0.1) is 11.3 Å². The van der Waals surface area contributed by atoms with Crippen molar-refractivity contribution < 1.29 is 19.1 Å². The summed E-state index contributed by atoms with van der Waals surface area (Å²) >= 11 is 1.71. The number of nitrogens with one attached hydrogen (secondary N) is 2. The number of carbonyl (C=O) groups is 2. The Morgan fingerprint density at radius 1 is 0.778 bits per heavy atom. The summed E-state index contributed by atoms with van der Waals surface area (Å²) in [5.41, 5.74) is 2.42. The van der Waals surface area contributed by atoms with E-state index in [0.29, 0.717) is 26.3 Å². The van der Waals surface area contributed by atoms with Gasteiger partial charge in [-0.2, -0.15) is 0 Å². The van der Waals surface area contributed by atoms with Crippen LogP contribution in [0.3, 0.4) is 0 Å². The van der Waals surface area contributed by atoms with E-state index in [1.165, 1.54) is 35.1 Å². The van der Waals surface area contributed by atoms with Gasteiger partial charge >= 0.3 is 0 Å². The average Bonchev–Trinajstić information content (AvgIpc) is 3.26. The zero-order valence-electron chi connectivity index (χ0n) is 20.8. The van der Waals surface area contributed by atoms with Crippen molar-refractivity contribution in [2.75, 3.05) is 26.3 Å². The van der Waals surface area contributed by atoms with Gasteiger partial charge < -0.3 is 20.1 Å². The number of rotatable bonds is 12. The lowest BCUT2D eigenvalue weighted by molar-refractivity contribution is -0.119. The van der Waals surface area contributed by atoms with E-state index in [4.69, 9.17) is 9.47 Å². The predicted molar refractivity (Wildman–Crippen MR) is 146 cm³/mol. The highest BCUT2D eigenvalue weighted by molar-refractivity contribution is 7.17. The second-order valence-corrected chi connectivity index (χ2v) is 9.65. The molecule has 0 fully saturated rings. The number of ether oxygens (including phenoxy) is 2. The Labute approximate surface area is 215 Å². The summed E-state index contributed by atoms with van der Waals surface area (Å²) in [5, 5.41) is 11.4. The van der Waals surface area contributed by atoms with E-state index in [1.807, 2.05) is 18.2 Å². The maximum atomic E-state index is 11.2. The third kappa shape index (κ3) is 6.98. The van der Waals surface area contributed by atoms with E-state index in [0.717, 1.165) is 41.5 Å². The number of thiophene rings is 1. The molecule has 2 N–H and O–H groups in total. The fraction of sp³-hybridized carbons (Fsp3) is 0.310. The topological polar surface area (TPSA) is 76.7 Å². The zero-order chi connectivity index (χ0) is 25.3. The van der Waals surface area contributed by atoms with Crippen LogP contribution in [0.5, 0.6) is 11.5 Å². The van der Waals surface area contributed by atoms with Crippen LogP contribution in [0.15, 0.2) is 60.0 Å². The molecule has 4 aromatic rings. The highest BCUT2D eigenvalue weighted by Gasteiger charge is 2.07. The quantitative estimate of drug-likeness (QED) is 0.258. The largest absolute Gasteiger partial charge is 0.493 e. The predicted octanol–water partition coefficient (Wildman–Crippen LogP) is 5.26. The minimum atomic E-state index is -0.0147. The lowest BCUT2D eigenvalue weighted by atomic mass is 10.0. The highest BCUT2D eigenvalue weighted by Crippen LogP contribution is 2.30. The van der Waals surface area contributed by atoms with Gasteiger partial charge in [0.2, 0.25) is 11.8 Å². The van der Waals surface area contributed by atoms with E-state index in [2.05, 4.69) is 52.4 Å². The minimum absolute atomic E-state index is 0.00753. The van der Waals surface area contributed by atoms with Gasteiger partial charge in [-0.05, 0) is 75.8 Å². The van der Waals surface area contributed by atoms with Gasteiger partial charge in [-0.3, -0.25) is 9.59 Å². The first-order valence-electron chi connectivity index (χ1n) is 12.3. The molecule has 0 atom stereocenters. The monoisotopic (exact) mass is 504 g/mol. The van der Waals surface area contributed by atoms with Crippen molar-refractivity contribution in [1.29, 1.82) is 0 Å². The smallest absolute Gasteiger partial charge is 0.216 e. The molecule has 4 rings (SSSR count). The molecular formula is C29H32N2O4S. The molecule has 188 valence electrons. The van der Waals surface area contributed by atoms with Gasteiger partial charge in [0.25, 0.3) is 0 Å². The SMILES string of the molecule is CC(=O)NCCc1cccc2ccc(OCCCOc3ccc4scc(CCNC(C)=O)c4c3)cc12. The molecule has 7 heteroatoms. The molecule has 0 aliphatic heterocycles. The molecule has 0 spiro atoms. The molecule has 1 aromatic heterocycles. The van der Waals surface area contributed by atoms with Crippen LogP contribution in [0, 0.1) is 0 Å². The summed E-state index contributed by atoms with van der Waals surface area (Å²) in [5.74, 6) is 1.65. The van der Waals surface area contributed by atoms with Crippen molar-refractivity contribution in [3.8, 4) is 11.5 Å². The van der Waals surface area contributed by atoms with Crippen LogP contribution in [0.2, 0.25) is 0 Å². The molecule has 2 amide bonds. The normalized spacial score (nSPS) is 10.9. The van der Waals surface area contributed by atoms with Crippen LogP contribution < -0.4 is 20.1 Å². The van der Waals surface area contributed by atoms with Crippen LogP contribution >= 0.6 is 11.3 Å². The van der Waals surface area contributed by atoms with Crippen LogP contribution in [-0.4, -0.2) is 38.1 Å². The molecule has 36 heavy (non-hydrogen) atoms. The Hall–Kier alpha value is -3.58. The van der Waals surface area contributed by atoms with E-state index in [1.54, 1.807) is 11.3 Å². The molecule has 0 aliphatic carbocycles. The number of carbonyl (C=O) groups excluding carboxylic acids is 2. The van der Waals surface area contributed by atoms with Crippen molar-refractivity contribution in [3.63, 3.8) is 0 Å². The zero-order valence-corrected chi connectivity index (χ0v) is 21.6. The van der Waals surface area contributed by atoms with Gasteiger partial charge in [-0.25, -0.2) is 0 Å². The summed E-state index contributed by atoms with van der Waals surface area (Å²) in [6, 6.07) is 18.5. The summed E-state index contributed by atoms with van der Waals surface area (Å²) < 4.78 is 13.2. The van der Waals surface area contributed by atoms with Gasteiger partial charge in [0, 0.05) is 38.1 Å². The van der Waals surface area contributed by atoms with Crippen LogP contribution in [-0.2, 0) is 22.4 Å². The van der Waals surface area contributed by atoms with Crippen molar-refractivity contribution in [2.45, 2.75) is 33.1 Å². The van der Waals surface area contributed by atoms with E-state index < -0.39 is 0 Å². The van der Waals surface area contributed by atoms with Crippen molar-refractivity contribution >= 4 is 44.0 Å². The third-order valence-electron chi connectivity index (χ3n) is 5.93. The third-order valence-corrected chi connectivity index (χ3v) is 6.94. The van der Waals surface area contributed by atoms with E-state index in [9.17, 15) is 9.59 Å². The molecule has 0 saturated heterocycles. The second kappa shape index (κ2) is 12.4. The molecule has 0 unspecified atom stereocenters. The Balaban J connectivity index is 1.28. The lowest BCUT2D eigenvalue weighted by Crippen LogP contribution is -2.22. The molecular weight excluding hydrogens is 472 g/mol. The first kappa shape index (κ1) is 25.5. The van der Waals surface area contributed by atoms with Crippen LogP contribution in [0.4, 0.5) is 0 Å². The second-order valence-electron chi connectivity index (χ2n) is 8.74. The molecule has 1 heterocycles. The van der Waals surface area contributed by atoms with Gasteiger partial charge in [0.1, 0.15) is 11.5 Å². The number of benzene rings is 3. The average molecular weight is 505 g/mol. The summed E-state index contributed by atoms with van der Waals surface area (Å²) in [6.45, 7) is 5.44. The number of hydrogen-bond acceptors (Lipinski definition) is 5. The van der Waals surface area contributed by atoms with Gasteiger partial charge in [-0.1, -0.05) is 24.3 Å². The molecule has 0 saturated carbocycles. The molecule has 0 radical (unpaired) electrons.